The number of nitrogens with zero attached hydrogens (tertiary/aromatic N) is 2. The van der Waals surface area contributed by atoms with Gasteiger partial charge in [-0.1, -0.05) is 36.4 Å². The standard InChI is InChI=1S/C19H26N4.HI/c1-3-20-19(21-13-11-17-7-5-4-6-8-17)22-14-12-18-10-9-16(2)23-15-18;/h4-10,15H,3,11-14H2,1-2H3,(H2,20,21,22);1H. The zero-order chi connectivity index (χ0) is 16.3. The van der Waals surface area contributed by atoms with Crippen LogP contribution in [-0.4, -0.2) is 30.6 Å². The highest BCUT2D eigenvalue weighted by Crippen LogP contribution is 2.00. The van der Waals surface area contributed by atoms with Crippen molar-refractivity contribution in [2.45, 2.75) is 26.7 Å². The van der Waals surface area contributed by atoms with Crippen molar-refractivity contribution in [1.29, 1.82) is 0 Å². The van der Waals surface area contributed by atoms with E-state index in [4.69, 9.17) is 0 Å². The molecule has 0 unspecified atom stereocenters. The monoisotopic (exact) mass is 438 g/mol. The van der Waals surface area contributed by atoms with E-state index in [1.54, 1.807) is 0 Å². The number of aliphatic imine (C=N–C) groups is 1. The van der Waals surface area contributed by atoms with E-state index < -0.39 is 0 Å². The Kier molecular flexibility index (Phi) is 10.1. The molecule has 0 atom stereocenters. The van der Waals surface area contributed by atoms with Crippen LogP contribution in [0.3, 0.4) is 0 Å². The highest BCUT2D eigenvalue weighted by Gasteiger charge is 1.98. The third kappa shape index (κ3) is 7.77. The Balaban J connectivity index is 0.00000288. The van der Waals surface area contributed by atoms with Gasteiger partial charge >= 0.3 is 0 Å². The molecule has 1 aromatic heterocycles. The van der Waals surface area contributed by atoms with E-state index in [9.17, 15) is 0 Å². The average Bonchev–Trinajstić information content (AvgIpc) is 2.58. The van der Waals surface area contributed by atoms with Crippen molar-refractivity contribution in [1.82, 2.24) is 15.6 Å². The summed E-state index contributed by atoms with van der Waals surface area (Å²) in [5.41, 5.74) is 3.61. The van der Waals surface area contributed by atoms with Crippen LogP contribution in [0.1, 0.15) is 23.7 Å². The Labute approximate surface area is 162 Å². The molecule has 0 bridgehead atoms. The number of rotatable bonds is 7. The summed E-state index contributed by atoms with van der Waals surface area (Å²) >= 11 is 0. The molecule has 0 saturated carbocycles. The van der Waals surface area contributed by atoms with E-state index in [1.165, 1.54) is 11.1 Å². The maximum absolute atomic E-state index is 4.63. The molecule has 24 heavy (non-hydrogen) atoms. The number of halogens is 1. The summed E-state index contributed by atoms with van der Waals surface area (Å²) in [5, 5.41) is 6.67. The molecular formula is C19H27IN4. The number of benzene rings is 1. The van der Waals surface area contributed by atoms with Gasteiger partial charge in [0.2, 0.25) is 0 Å². The lowest BCUT2D eigenvalue weighted by molar-refractivity contribution is 0.794. The first-order valence-electron chi connectivity index (χ1n) is 8.25. The molecule has 2 N–H and O–H groups in total. The van der Waals surface area contributed by atoms with Gasteiger partial charge in [-0.3, -0.25) is 9.98 Å². The fourth-order valence-electron chi connectivity index (χ4n) is 2.25. The maximum Gasteiger partial charge on any atom is 0.191 e. The smallest absolute Gasteiger partial charge is 0.191 e. The molecule has 130 valence electrons. The van der Waals surface area contributed by atoms with Crippen LogP contribution in [0.2, 0.25) is 0 Å². The first-order chi connectivity index (χ1) is 11.3. The Bertz CT molecular complexity index is 597. The van der Waals surface area contributed by atoms with Crippen LogP contribution in [0.5, 0.6) is 0 Å². The van der Waals surface area contributed by atoms with Gasteiger partial charge in [0, 0.05) is 31.5 Å². The maximum atomic E-state index is 4.63. The highest BCUT2D eigenvalue weighted by atomic mass is 127. The van der Waals surface area contributed by atoms with Gasteiger partial charge in [0.25, 0.3) is 0 Å². The molecular weight excluding hydrogens is 411 g/mol. The Morgan fingerprint density at radius 1 is 1.00 bits per heavy atom. The van der Waals surface area contributed by atoms with Gasteiger partial charge in [0.15, 0.2) is 5.96 Å². The third-order valence-electron chi connectivity index (χ3n) is 3.54. The molecule has 0 spiro atoms. The number of guanidine groups is 1. The van der Waals surface area contributed by atoms with E-state index >= 15 is 0 Å². The van der Waals surface area contributed by atoms with Gasteiger partial charge in [-0.05, 0) is 43.9 Å². The minimum atomic E-state index is 0. The van der Waals surface area contributed by atoms with Crippen LogP contribution >= 0.6 is 24.0 Å². The van der Waals surface area contributed by atoms with E-state index in [1.807, 2.05) is 19.2 Å². The molecule has 0 aliphatic rings. The normalized spacial score (nSPS) is 10.8. The Morgan fingerprint density at radius 2 is 1.79 bits per heavy atom. The molecule has 2 rings (SSSR count). The van der Waals surface area contributed by atoms with Crippen LogP contribution in [0.15, 0.2) is 53.7 Å². The molecule has 4 nitrogen and oxygen atoms in total. The molecule has 0 amide bonds. The minimum absolute atomic E-state index is 0. The van der Waals surface area contributed by atoms with Crippen molar-refractivity contribution < 1.29 is 0 Å². The van der Waals surface area contributed by atoms with Gasteiger partial charge in [-0.25, -0.2) is 0 Å². The summed E-state index contributed by atoms with van der Waals surface area (Å²) in [6.07, 6.45) is 3.84. The lowest BCUT2D eigenvalue weighted by atomic mass is 10.2. The summed E-state index contributed by atoms with van der Waals surface area (Å²) < 4.78 is 0. The predicted molar refractivity (Wildman–Crippen MR) is 112 cm³/mol. The minimum Gasteiger partial charge on any atom is -0.357 e. The number of hydrogen-bond donors (Lipinski definition) is 2. The summed E-state index contributed by atoms with van der Waals surface area (Å²) in [5.74, 6) is 0.878. The van der Waals surface area contributed by atoms with Crippen LogP contribution in [0.4, 0.5) is 0 Å². The van der Waals surface area contributed by atoms with Crippen molar-refractivity contribution in [3.8, 4) is 0 Å². The Morgan fingerprint density at radius 3 is 2.46 bits per heavy atom. The molecule has 5 heteroatoms. The molecule has 2 aromatic rings. The number of pyridine rings is 1. The first-order valence-corrected chi connectivity index (χ1v) is 8.25. The molecule has 0 radical (unpaired) electrons. The topological polar surface area (TPSA) is 49.3 Å². The van der Waals surface area contributed by atoms with Crippen molar-refractivity contribution >= 4 is 29.9 Å². The van der Waals surface area contributed by atoms with Crippen LogP contribution in [0, 0.1) is 6.92 Å². The van der Waals surface area contributed by atoms with E-state index in [-0.39, 0.29) is 24.0 Å². The van der Waals surface area contributed by atoms with Crippen molar-refractivity contribution in [3.63, 3.8) is 0 Å². The SMILES string of the molecule is CCNC(=NCCc1ccccc1)NCCc1ccc(C)nc1.I. The van der Waals surface area contributed by atoms with Gasteiger partial charge in [-0.15, -0.1) is 24.0 Å². The highest BCUT2D eigenvalue weighted by molar-refractivity contribution is 14.0. The molecule has 1 heterocycles. The van der Waals surface area contributed by atoms with Crippen LogP contribution in [0.25, 0.3) is 0 Å². The van der Waals surface area contributed by atoms with Crippen LogP contribution < -0.4 is 10.6 Å². The zero-order valence-electron chi connectivity index (χ0n) is 14.5. The second-order valence-electron chi connectivity index (χ2n) is 5.48. The molecule has 0 fully saturated rings. The van der Waals surface area contributed by atoms with Crippen molar-refractivity contribution in [2.24, 2.45) is 4.99 Å². The zero-order valence-corrected chi connectivity index (χ0v) is 16.8. The lowest BCUT2D eigenvalue weighted by Crippen LogP contribution is -2.38. The van der Waals surface area contributed by atoms with Gasteiger partial charge in [0.05, 0.1) is 0 Å². The summed E-state index contributed by atoms with van der Waals surface area (Å²) in [7, 11) is 0. The fourth-order valence-corrected chi connectivity index (χ4v) is 2.25. The Hall–Kier alpha value is -1.63. The quantitative estimate of drug-likeness (QED) is 0.396. The second kappa shape index (κ2) is 11.8. The molecule has 1 aromatic carbocycles. The van der Waals surface area contributed by atoms with Gasteiger partial charge in [0.1, 0.15) is 0 Å². The van der Waals surface area contributed by atoms with Crippen molar-refractivity contribution in [3.05, 3.63) is 65.5 Å². The molecule has 0 aliphatic heterocycles. The fraction of sp³-hybridized carbons (Fsp3) is 0.368. The van der Waals surface area contributed by atoms with Crippen LogP contribution in [-0.2, 0) is 12.8 Å². The second-order valence-corrected chi connectivity index (χ2v) is 5.48. The predicted octanol–water partition coefficient (Wildman–Crippen LogP) is 3.35. The number of aryl methyl sites for hydroxylation is 1. The third-order valence-corrected chi connectivity index (χ3v) is 3.54. The van der Waals surface area contributed by atoms with E-state index in [0.29, 0.717) is 0 Å². The number of hydrogen-bond acceptors (Lipinski definition) is 2. The summed E-state index contributed by atoms with van der Waals surface area (Å²) in [6.45, 7) is 6.58. The van der Waals surface area contributed by atoms with E-state index in [2.05, 4.69) is 63.9 Å². The van der Waals surface area contributed by atoms with Crippen molar-refractivity contribution in [2.75, 3.05) is 19.6 Å². The molecule has 0 saturated heterocycles. The average molecular weight is 438 g/mol. The largest absolute Gasteiger partial charge is 0.357 e. The van der Waals surface area contributed by atoms with Gasteiger partial charge < -0.3 is 10.6 Å². The van der Waals surface area contributed by atoms with E-state index in [0.717, 1.165) is 44.1 Å². The van der Waals surface area contributed by atoms with Gasteiger partial charge in [-0.2, -0.15) is 0 Å². The first kappa shape index (κ1) is 20.4. The summed E-state index contributed by atoms with van der Waals surface area (Å²) in [6, 6.07) is 14.6. The summed E-state index contributed by atoms with van der Waals surface area (Å²) in [4.78, 5) is 8.96. The number of aromatic nitrogens is 1. The number of nitrogens with one attached hydrogen (secondary N) is 2. The lowest BCUT2D eigenvalue weighted by Gasteiger charge is -2.11. The molecule has 0 aliphatic carbocycles.